The summed E-state index contributed by atoms with van der Waals surface area (Å²) in [5, 5.41) is 13.1. The number of hydrogen-bond donors (Lipinski definition) is 2. The summed E-state index contributed by atoms with van der Waals surface area (Å²) in [7, 11) is 1.65. The Kier molecular flexibility index (Phi) is 3.47. The largest absolute Gasteiger partial charge is 0.497 e. The summed E-state index contributed by atoms with van der Waals surface area (Å²) in [6.45, 7) is 0. The van der Waals surface area contributed by atoms with E-state index in [1.807, 2.05) is 30.3 Å². The van der Waals surface area contributed by atoms with Gasteiger partial charge in [-0.1, -0.05) is 12.2 Å². The normalized spacial score (nSPS) is 24.1. The van der Waals surface area contributed by atoms with Crippen LogP contribution in [-0.2, 0) is 0 Å². The minimum atomic E-state index is -0.299. The number of methoxy groups -OCH3 is 1. The van der Waals surface area contributed by atoms with Crippen molar-refractivity contribution in [2.24, 2.45) is 0 Å². The van der Waals surface area contributed by atoms with Crippen LogP contribution in [0.5, 0.6) is 5.75 Å². The number of rotatable bonds is 3. The van der Waals surface area contributed by atoms with E-state index < -0.39 is 0 Å². The number of ether oxygens (including phenoxy) is 1. The summed E-state index contributed by atoms with van der Waals surface area (Å²) in [6.07, 6.45) is 5.43. The molecule has 0 bridgehead atoms. The Bertz CT molecular complexity index is 359. The molecule has 0 spiro atoms. The SMILES string of the molecule is COc1ccc(N[C@@H]2CC=CC[C@H]2O)cc1. The van der Waals surface area contributed by atoms with Gasteiger partial charge in [-0.05, 0) is 37.1 Å². The Balaban J connectivity index is 2.00. The summed E-state index contributed by atoms with van der Waals surface area (Å²) in [5.74, 6) is 0.842. The van der Waals surface area contributed by atoms with Gasteiger partial charge in [0.05, 0.1) is 19.3 Å². The van der Waals surface area contributed by atoms with Crippen LogP contribution in [-0.4, -0.2) is 24.4 Å². The zero-order valence-electron chi connectivity index (χ0n) is 9.39. The summed E-state index contributed by atoms with van der Waals surface area (Å²) in [4.78, 5) is 0. The van der Waals surface area contributed by atoms with Gasteiger partial charge in [0.1, 0.15) is 5.75 Å². The Morgan fingerprint density at radius 2 is 1.88 bits per heavy atom. The second kappa shape index (κ2) is 5.03. The van der Waals surface area contributed by atoms with Crippen LogP contribution in [0, 0.1) is 0 Å². The molecule has 1 aromatic rings. The predicted octanol–water partition coefficient (Wildman–Crippen LogP) is 2.19. The van der Waals surface area contributed by atoms with Gasteiger partial charge in [-0.25, -0.2) is 0 Å². The second-order valence-corrected chi connectivity index (χ2v) is 3.99. The summed E-state index contributed by atoms with van der Waals surface area (Å²) < 4.78 is 5.09. The van der Waals surface area contributed by atoms with E-state index in [4.69, 9.17) is 4.74 Å². The third kappa shape index (κ3) is 2.55. The first-order valence-corrected chi connectivity index (χ1v) is 5.53. The zero-order chi connectivity index (χ0) is 11.4. The highest BCUT2D eigenvalue weighted by molar-refractivity contribution is 5.47. The standard InChI is InChI=1S/C13H17NO2/c1-16-11-8-6-10(7-9-11)14-12-4-2-3-5-13(12)15/h2-3,6-9,12-15H,4-5H2,1H3/t12-,13-/m1/s1. The quantitative estimate of drug-likeness (QED) is 0.766. The third-order valence-electron chi connectivity index (χ3n) is 2.84. The Hall–Kier alpha value is -1.48. The van der Waals surface area contributed by atoms with Crippen LogP contribution in [0.2, 0.25) is 0 Å². The van der Waals surface area contributed by atoms with Crippen LogP contribution in [0.15, 0.2) is 36.4 Å². The molecule has 2 rings (SSSR count). The van der Waals surface area contributed by atoms with Gasteiger partial charge in [0, 0.05) is 5.69 Å². The first-order chi connectivity index (χ1) is 7.79. The summed E-state index contributed by atoms with van der Waals surface area (Å²) in [5.41, 5.74) is 1.01. The maximum Gasteiger partial charge on any atom is 0.119 e. The van der Waals surface area contributed by atoms with E-state index in [-0.39, 0.29) is 12.1 Å². The lowest BCUT2D eigenvalue weighted by molar-refractivity contribution is 0.151. The number of nitrogens with one attached hydrogen (secondary N) is 1. The lowest BCUT2D eigenvalue weighted by atomic mass is 9.98. The van der Waals surface area contributed by atoms with Crippen LogP contribution in [0.4, 0.5) is 5.69 Å². The molecule has 0 aliphatic heterocycles. The van der Waals surface area contributed by atoms with Gasteiger partial charge >= 0.3 is 0 Å². The van der Waals surface area contributed by atoms with Gasteiger partial charge in [-0.2, -0.15) is 0 Å². The number of anilines is 1. The molecule has 0 aromatic heterocycles. The smallest absolute Gasteiger partial charge is 0.119 e. The monoisotopic (exact) mass is 219 g/mol. The molecule has 3 nitrogen and oxygen atoms in total. The molecule has 1 aliphatic carbocycles. The van der Waals surface area contributed by atoms with E-state index >= 15 is 0 Å². The minimum absolute atomic E-state index is 0.110. The molecule has 2 atom stereocenters. The van der Waals surface area contributed by atoms with E-state index in [0.29, 0.717) is 0 Å². The van der Waals surface area contributed by atoms with Gasteiger partial charge in [0.25, 0.3) is 0 Å². The molecule has 3 heteroatoms. The number of aliphatic hydroxyl groups is 1. The van der Waals surface area contributed by atoms with Crippen molar-refractivity contribution in [3.8, 4) is 5.75 Å². The maximum atomic E-state index is 9.79. The molecule has 0 fully saturated rings. The lowest BCUT2D eigenvalue weighted by Crippen LogP contribution is -2.34. The summed E-state index contributed by atoms with van der Waals surface area (Å²) >= 11 is 0. The molecule has 0 amide bonds. The average Bonchev–Trinajstić information content (AvgIpc) is 2.33. The average molecular weight is 219 g/mol. The highest BCUT2D eigenvalue weighted by Crippen LogP contribution is 2.20. The first-order valence-electron chi connectivity index (χ1n) is 5.53. The van der Waals surface area contributed by atoms with Crippen molar-refractivity contribution < 1.29 is 9.84 Å². The molecular weight excluding hydrogens is 202 g/mol. The van der Waals surface area contributed by atoms with E-state index in [1.165, 1.54) is 0 Å². The second-order valence-electron chi connectivity index (χ2n) is 3.99. The van der Waals surface area contributed by atoms with Crippen LogP contribution in [0.3, 0.4) is 0 Å². The van der Waals surface area contributed by atoms with E-state index in [9.17, 15) is 5.11 Å². The third-order valence-corrected chi connectivity index (χ3v) is 2.84. The van der Waals surface area contributed by atoms with Crippen LogP contribution < -0.4 is 10.1 Å². The lowest BCUT2D eigenvalue weighted by Gasteiger charge is -2.26. The van der Waals surface area contributed by atoms with Gasteiger partial charge in [0.2, 0.25) is 0 Å². The van der Waals surface area contributed by atoms with Crippen molar-refractivity contribution in [2.75, 3.05) is 12.4 Å². The van der Waals surface area contributed by atoms with Crippen molar-refractivity contribution in [2.45, 2.75) is 25.0 Å². The molecule has 16 heavy (non-hydrogen) atoms. The van der Waals surface area contributed by atoms with Crippen LogP contribution in [0.25, 0.3) is 0 Å². The fourth-order valence-electron chi connectivity index (χ4n) is 1.86. The number of hydrogen-bond acceptors (Lipinski definition) is 3. The zero-order valence-corrected chi connectivity index (χ0v) is 9.39. The fraction of sp³-hybridized carbons (Fsp3) is 0.385. The van der Waals surface area contributed by atoms with Crippen LogP contribution in [0.1, 0.15) is 12.8 Å². The molecule has 1 aliphatic rings. The van der Waals surface area contributed by atoms with Crippen molar-refractivity contribution in [3.63, 3.8) is 0 Å². The fourth-order valence-corrected chi connectivity index (χ4v) is 1.86. The highest BCUT2D eigenvalue weighted by atomic mass is 16.5. The Labute approximate surface area is 95.7 Å². The molecule has 86 valence electrons. The van der Waals surface area contributed by atoms with Crippen LogP contribution >= 0.6 is 0 Å². The van der Waals surface area contributed by atoms with E-state index in [2.05, 4.69) is 11.4 Å². The van der Waals surface area contributed by atoms with Gasteiger partial charge in [-0.3, -0.25) is 0 Å². The summed E-state index contributed by atoms with van der Waals surface area (Å²) in [6, 6.07) is 7.85. The topological polar surface area (TPSA) is 41.5 Å². The molecule has 1 aromatic carbocycles. The van der Waals surface area contributed by atoms with Crippen molar-refractivity contribution in [1.29, 1.82) is 0 Å². The first kappa shape index (κ1) is 11.0. The van der Waals surface area contributed by atoms with Crippen molar-refractivity contribution in [3.05, 3.63) is 36.4 Å². The van der Waals surface area contributed by atoms with Gasteiger partial charge < -0.3 is 15.2 Å². The predicted molar refractivity (Wildman–Crippen MR) is 64.8 cm³/mol. The minimum Gasteiger partial charge on any atom is -0.497 e. The molecule has 0 unspecified atom stereocenters. The Morgan fingerprint density at radius 3 is 2.50 bits per heavy atom. The number of aliphatic hydroxyl groups excluding tert-OH is 1. The van der Waals surface area contributed by atoms with Crippen molar-refractivity contribution >= 4 is 5.69 Å². The maximum absolute atomic E-state index is 9.79. The molecule has 0 heterocycles. The number of benzene rings is 1. The van der Waals surface area contributed by atoms with E-state index in [0.717, 1.165) is 24.3 Å². The van der Waals surface area contributed by atoms with E-state index in [1.54, 1.807) is 7.11 Å². The van der Waals surface area contributed by atoms with Crippen molar-refractivity contribution in [1.82, 2.24) is 0 Å². The molecule has 2 N–H and O–H groups in total. The van der Waals surface area contributed by atoms with Gasteiger partial charge in [-0.15, -0.1) is 0 Å². The molecular formula is C13H17NO2. The molecule has 0 saturated carbocycles. The Morgan fingerprint density at radius 1 is 1.19 bits per heavy atom. The van der Waals surface area contributed by atoms with Gasteiger partial charge in [0.15, 0.2) is 0 Å². The highest BCUT2D eigenvalue weighted by Gasteiger charge is 2.19. The molecule has 0 saturated heterocycles. The molecule has 0 radical (unpaired) electrons.